The number of ether oxygens (including phenoxy) is 1. The predicted octanol–water partition coefficient (Wildman–Crippen LogP) is 0.635. The molecule has 16 heavy (non-hydrogen) atoms. The van der Waals surface area contributed by atoms with Gasteiger partial charge in [-0.05, 0) is 12.5 Å². The molecule has 6 heteroatoms. The highest BCUT2D eigenvalue weighted by Gasteiger charge is 2.34. The summed E-state index contributed by atoms with van der Waals surface area (Å²) in [6, 6.07) is 0. The van der Waals surface area contributed by atoms with Crippen LogP contribution < -0.4 is 5.69 Å². The van der Waals surface area contributed by atoms with E-state index in [1.54, 1.807) is 6.20 Å². The number of rotatable bonds is 2. The Morgan fingerprint density at radius 1 is 1.75 bits per heavy atom. The van der Waals surface area contributed by atoms with E-state index in [4.69, 9.17) is 4.74 Å². The van der Waals surface area contributed by atoms with Gasteiger partial charge in [0, 0.05) is 23.2 Å². The van der Waals surface area contributed by atoms with Gasteiger partial charge < -0.3 is 9.84 Å². The SMILES string of the molecule is Cc1cnc(=O)n([C@@H]2C[C@H](O)[C@@H](CI)O2)c1. The first-order valence-electron chi connectivity index (χ1n) is 5.06. The van der Waals surface area contributed by atoms with Gasteiger partial charge in [-0.25, -0.2) is 9.78 Å². The molecule has 0 radical (unpaired) electrons. The minimum absolute atomic E-state index is 0.196. The van der Waals surface area contributed by atoms with E-state index >= 15 is 0 Å². The van der Waals surface area contributed by atoms with Gasteiger partial charge in [0.05, 0.1) is 12.2 Å². The lowest BCUT2D eigenvalue weighted by Gasteiger charge is -2.14. The zero-order chi connectivity index (χ0) is 11.7. The van der Waals surface area contributed by atoms with Crippen LogP contribution in [-0.4, -0.2) is 31.3 Å². The number of aryl methyl sites for hydroxylation is 1. The normalized spacial score (nSPS) is 29.6. The van der Waals surface area contributed by atoms with E-state index in [9.17, 15) is 9.90 Å². The minimum Gasteiger partial charge on any atom is -0.390 e. The zero-order valence-electron chi connectivity index (χ0n) is 8.84. The van der Waals surface area contributed by atoms with Crippen molar-refractivity contribution in [3.63, 3.8) is 0 Å². The first kappa shape index (κ1) is 12.0. The molecule has 0 amide bonds. The van der Waals surface area contributed by atoms with Crippen molar-refractivity contribution >= 4 is 22.6 Å². The van der Waals surface area contributed by atoms with Crippen molar-refractivity contribution in [2.24, 2.45) is 0 Å². The van der Waals surface area contributed by atoms with Crippen LogP contribution in [0.5, 0.6) is 0 Å². The van der Waals surface area contributed by atoms with Crippen LogP contribution in [0.15, 0.2) is 17.2 Å². The van der Waals surface area contributed by atoms with Crippen LogP contribution in [0, 0.1) is 6.92 Å². The van der Waals surface area contributed by atoms with Crippen LogP contribution in [0.2, 0.25) is 0 Å². The summed E-state index contributed by atoms with van der Waals surface area (Å²) in [6.07, 6.45) is 2.59. The fourth-order valence-corrected chi connectivity index (χ4v) is 2.56. The van der Waals surface area contributed by atoms with Crippen molar-refractivity contribution in [1.82, 2.24) is 9.55 Å². The molecule has 1 saturated heterocycles. The molecule has 3 atom stereocenters. The molecule has 1 aliphatic heterocycles. The van der Waals surface area contributed by atoms with Gasteiger partial charge in [-0.2, -0.15) is 0 Å². The Kier molecular flexibility index (Phi) is 3.60. The third-order valence-electron chi connectivity index (χ3n) is 2.61. The molecular formula is C10H13IN2O3. The van der Waals surface area contributed by atoms with Crippen LogP contribution in [-0.2, 0) is 4.74 Å². The van der Waals surface area contributed by atoms with E-state index in [2.05, 4.69) is 27.6 Å². The summed E-state index contributed by atoms with van der Waals surface area (Å²) < 4.78 is 7.77. The van der Waals surface area contributed by atoms with Gasteiger partial charge in [-0.15, -0.1) is 0 Å². The predicted molar refractivity (Wildman–Crippen MR) is 66.7 cm³/mol. The Bertz CT molecular complexity index is 434. The fourth-order valence-electron chi connectivity index (χ4n) is 1.76. The zero-order valence-corrected chi connectivity index (χ0v) is 11.0. The highest BCUT2D eigenvalue weighted by molar-refractivity contribution is 14.1. The molecule has 0 aliphatic carbocycles. The largest absolute Gasteiger partial charge is 0.390 e. The molecule has 2 heterocycles. The first-order valence-corrected chi connectivity index (χ1v) is 6.58. The highest BCUT2D eigenvalue weighted by Crippen LogP contribution is 2.28. The molecule has 88 valence electrons. The summed E-state index contributed by atoms with van der Waals surface area (Å²) in [7, 11) is 0. The number of hydrogen-bond acceptors (Lipinski definition) is 4. The molecular weight excluding hydrogens is 323 g/mol. The van der Waals surface area contributed by atoms with Crippen LogP contribution >= 0.6 is 22.6 Å². The van der Waals surface area contributed by atoms with Gasteiger partial charge in [0.2, 0.25) is 0 Å². The molecule has 1 fully saturated rings. The number of halogens is 1. The van der Waals surface area contributed by atoms with Crippen LogP contribution in [0.4, 0.5) is 0 Å². The number of aliphatic hydroxyl groups excluding tert-OH is 1. The number of aliphatic hydroxyl groups is 1. The summed E-state index contributed by atoms with van der Waals surface area (Å²) in [4.78, 5) is 15.3. The van der Waals surface area contributed by atoms with Crippen LogP contribution in [0.1, 0.15) is 18.2 Å². The maximum absolute atomic E-state index is 11.5. The molecule has 0 unspecified atom stereocenters. The Hall–Kier alpha value is -0.470. The van der Waals surface area contributed by atoms with Gasteiger partial charge in [-0.3, -0.25) is 4.57 Å². The van der Waals surface area contributed by atoms with Gasteiger partial charge in [-0.1, -0.05) is 22.6 Å². The molecule has 0 spiro atoms. The number of aromatic nitrogens is 2. The Morgan fingerprint density at radius 3 is 3.12 bits per heavy atom. The molecule has 5 nitrogen and oxygen atoms in total. The van der Waals surface area contributed by atoms with Gasteiger partial charge in [0.15, 0.2) is 0 Å². The fraction of sp³-hybridized carbons (Fsp3) is 0.600. The lowest BCUT2D eigenvalue weighted by molar-refractivity contribution is -0.00612. The molecule has 1 aromatic rings. The number of alkyl halides is 1. The third kappa shape index (κ3) is 2.28. The second-order valence-electron chi connectivity index (χ2n) is 3.91. The lowest BCUT2D eigenvalue weighted by atomic mass is 10.2. The van der Waals surface area contributed by atoms with E-state index in [0.29, 0.717) is 10.8 Å². The summed E-state index contributed by atoms with van der Waals surface area (Å²) in [6.45, 7) is 1.87. The van der Waals surface area contributed by atoms with Crippen molar-refractivity contribution in [2.75, 3.05) is 4.43 Å². The maximum Gasteiger partial charge on any atom is 0.349 e. The summed E-state index contributed by atoms with van der Waals surface area (Å²) in [5.41, 5.74) is 0.563. The van der Waals surface area contributed by atoms with Gasteiger partial charge in [0.25, 0.3) is 0 Å². The molecule has 1 aromatic heterocycles. The topological polar surface area (TPSA) is 64.4 Å². The number of hydrogen-bond donors (Lipinski definition) is 1. The van der Waals surface area contributed by atoms with Crippen molar-refractivity contribution < 1.29 is 9.84 Å². The van der Waals surface area contributed by atoms with E-state index in [1.807, 2.05) is 6.92 Å². The standard InChI is InChI=1S/C10H13IN2O3/c1-6-4-12-10(15)13(5-6)9-2-7(14)8(3-11)16-9/h4-5,7-9,14H,2-3H2,1H3/t7-,8+,9-/m0/s1. The highest BCUT2D eigenvalue weighted by atomic mass is 127. The second-order valence-corrected chi connectivity index (χ2v) is 4.79. The molecule has 0 saturated carbocycles. The molecule has 0 bridgehead atoms. The minimum atomic E-state index is -0.505. The molecule has 0 aromatic carbocycles. The lowest BCUT2D eigenvalue weighted by Crippen LogP contribution is -2.27. The number of nitrogens with zero attached hydrogens (tertiary/aromatic N) is 2. The van der Waals surface area contributed by atoms with Crippen molar-refractivity contribution in [2.45, 2.75) is 31.8 Å². The Balaban J connectivity index is 2.26. The van der Waals surface area contributed by atoms with E-state index in [1.165, 1.54) is 10.8 Å². The maximum atomic E-state index is 11.5. The van der Waals surface area contributed by atoms with Gasteiger partial charge >= 0.3 is 5.69 Å². The molecule has 1 N–H and O–H groups in total. The Morgan fingerprint density at radius 2 is 2.50 bits per heavy atom. The average molecular weight is 336 g/mol. The van der Waals surface area contributed by atoms with Crippen molar-refractivity contribution in [1.29, 1.82) is 0 Å². The van der Waals surface area contributed by atoms with Crippen molar-refractivity contribution in [3.05, 3.63) is 28.4 Å². The average Bonchev–Trinajstić information content (AvgIpc) is 2.63. The molecule has 2 rings (SSSR count). The van der Waals surface area contributed by atoms with Crippen LogP contribution in [0.25, 0.3) is 0 Å². The summed E-state index contributed by atoms with van der Waals surface area (Å²) in [5.74, 6) is 0. The third-order valence-corrected chi connectivity index (χ3v) is 3.48. The summed E-state index contributed by atoms with van der Waals surface area (Å²) in [5, 5.41) is 9.72. The van der Waals surface area contributed by atoms with E-state index < -0.39 is 12.3 Å². The van der Waals surface area contributed by atoms with E-state index in [0.717, 1.165) is 5.56 Å². The molecule has 1 aliphatic rings. The smallest absolute Gasteiger partial charge is 0.349 e. The van der Waals surface area contributed by atoms with E-state index in [-0.39, 0.29) is 11.8 Å². The quantitative estimate of drug-likeness (QED) is 0.636. The summed E-state index contributed by atoms with van der Waals surface area (Å²) >= 11 is 2.16. The van der Waals surface area contributed by atoms with Crippen molar-refractivity contribution in [3.8, 4) is 0 Å². The van der Waals surface area contributed by atoms with Gasteiger partial charge in [0.1, 0.15) is 6.23 Å². The first-order chi connectivity index (χ1) is 7.61. The second kappa shape index (κ2) is 4.80. The Labute approximate surface area is 107 Å². The monoisotopic (exact) mass is 336 g/mol. The van der Waals surface area contributed by atoms with Crippen LogP contribution in [0.3, 0.4) is 0 Å².